The summed E-state index contributed by atoms with van der Waals surface area (Å²) >= 11 is 0. The van der Waals surface area contributed by atoms with Gasteiger partial charge in [0.1, 0.15) is 17.1 Å². The van der Waals surface area contributed by atoms with Gasteiger partial charge in [-0.05, 0) is 61.0 Å². The normalized spacial score (nSPS) is 11.4. The van der Waals surface area contributed by atoms with Gasteiger partial charge in [0.05, 0.1) is 22.2 Å². The van der Waals surface area contributed by atoms with Crippen molar-refractivity contribution in [1.29, 1.82) is 0 Å². The second kappa shape index (κ2) is 7.06. The van der Waals surface area contributed by atoms with Crippen LogP contribution in [0.1, 0.15) is 5.76 Å². The smallest absolute Gasteiger partial charge is 0.200 e. The van der Waals surface area contributed by atoms with E-state index in [0.717, 1.165) is 33.5 Å². The molecule has 154 valence electrons. The molecule has 2 N–H and O–H groups in total. The van der Waals surface area contributed by atoms with Crippen LogP contribution >= 0.6 is 0 Å². The topological polar surface area (TPSA) is 87.6 Å². The first-order valence-electron chi connectivity index (χ1n) is 10.3. The molecule has 32 heavy (non-hydrogen) atoms. The summed E-state index contributed by atoms with van der Waals surface area (Å²) in [6.07, 6.45) is 5.27. The van der Waals surface area contributed by atoms with E-state index < -0.39 is 0 Å². The van der Waals surface area contributed by atoms with Gasteiger partial charge < -0.3 is 14.4 Å². The minimum Gasteiger partial charge on any atom is -0.460 e. The molecule has 6 nitrogen and oxygen atoms in total. The molecule has 0 radical (unpaired) electrons. The lowest BCUT2D eigenvalue weighted by Gasteiger charge is -2.11. The molecular formula is C26H18N4O2. The number of hydrogen-bond donors (Lipinski definition) is 2. The van der Waals surface area contributed by atoms with Gasteiger partial charge in [0.15, 0.2) is 11.2 Å². The molecule has 0 unspecified atom stereocenters. The van der Waals surface area contributed by atoms with E-state index in [9.17, 15) is 4.79 Å². The van der Waals surface area contributed by atoms with E-state index in [1.54, 1.807) is 18.6 Å². The van der Waals surface area contributed by atoms with Crippen LogP contribution in [-0.4, -0.2) is 19.9 Å². The Labute approximate surface area is 182 Å². The number of furan rings is 1. The molecule has 0 fully saturated rings. The summed E-state index contributed by atoms with van der Waals surface area (Å²) in [5.74, 6) is 1.45. The zero-order valence-electron chi connectivity index (χ0n) is 17.2. The fraction of sp³-hybridized carbons (Fsp3) is 0.0385. The number of fused-ring (bicyclic) bond motifs is 2. The average Bonchev–Trinajstić information content (AvgIpc) is 3.50. The Kier molecular flexibility index (Phi) is 4.04. The summed E-state index contributed by atoms with van der Waals surface area (Å²) in [5, 5.41) is 1.53. The first-order valence-corrected chi connectivity index (χ1v) is 10.3. The summed E-state index contributed by atoms with van der Waals surface area (Å²) in [4.78, 5) is 28.9. The molecule has 6 aromatic rings. The van der Waals surface area contributed by atoms with E-state index in [4.69, 9.17) is 9.40 Å². The highest BCUT2D eigenvalue weighted by molar-refractivity contribution is 5.93. The summed E-state index contributed by atoms with van der Waals surface area (Å²) in [6.45, 7) is 1.90. The van der Waals surface area contributed by atoms with E-state index in [0.29, 0.717) is 28.1 Å². The molecule has 6 heteroatoms. The lowest BCUT2D eigenvalue weighted by Crippen LogP contribution is -2.08. The van der Waals surface area contributed by atoms with Gasteiger partial charge in [-0.3, -0.25) is 9.78 Å². The van der Waals surface area contributed by atoms with Crippen molar-refractivity contribution in [2.24, 2.45) is 0 Å². The van der Waals surface area contributed by atoms with Crippen LogP contribution in [0.5, 0.6) is 0 Å². The molecule has 0 spiro atoms. The monoisotopic (exact) mass is 418 g/mol. The Hall–Kier alpha value is -4.45. The molecule has 6 rings (SSSR count). The van der Waals surface area contributed by atoms with Crippen LogP contribution in [-0.2, 0) is 0 Å². The van der Waals surface area contributed by atoms with Gasteiger partial charge in [-0.25, -0.2) is 4.98 Å². The molecule has 5 aromatic heterocycles. The highest BCUT2D eigenvalue weighted by Gasteiger charge is 2.18. The van der Waals surface area contributed by atoms with E-state index in [1.807, 2.05) is 61.5 Å². The Morgan fingerprint density at radius 2 is 1.88 bits per heavy atom. The van der Waals surface area contributed by atoms with Crippen LogP contribution < -0.4 is 5.43 Å². The summed E-state index contributed by atoms with van der Waals surface area (Å²) in [5.41, 5.74) is 5.11. The number of hydrogen-bond acceptors (Lipinski definition) is 4. The van der Waals surface area contributed by atoms with Crippen LogP contribution in [0.25, 0.3) is 55.8 Å². The van der Waals surface area contributed by atoms with Gasteiger partial charge in [0.2, 0.25) is 0 Å². The van der Waals surface area contributed by atoms with Gasteiger partial charge in [-0.1, -0.05) is 12.1 Å². The third-order valence-electron chi connectivity index (χ3n) is 5.64. The first kappa shape index (κ1) is 18.3. The number of benzene rings is 1. The number of nitrogens with one attached hydrogen (secondary N) is 2. The predicted molar refractivity (Wildman–Crippen MR) is 125 cm³/mol. The minimum atomic E-state index is -0.0837. The molecule has 5 heterocycles. The van der Waals surface area contributed by atoms with E-state index in [2.05, 4.69) is 21.0 Å². The Morgan fingerprint density at radius 1 is 0.938 bits per heavy atom. The van der Waals surface area contributed by atoms with Gasteiger partial charge in [-0.15, -0.1) is 0 Å². The highest BCUT2D eigenvalue weighted by Crippen LogP contribution is 2.34. The lowest BCUT2D eigenvalue weighted by atomic mass is 9.98. The molecule has 0 aliphatic rings. The lowest BCUT2D eigenvalue weighted by molar-refractivity contribution is 0.547. The summed E-state index contributed by atoms with van der Waals surface area (Å²) in [7, 11) is 0. The van der Waals surface area contributed by atoms with E-state index >= 15 is 0 Å². The zero-order valence-corrected chi connectivity index (χ0v) is 17.2. The Morgan fingerprint density at radius 3 is 2.69 bits per heavy atom. The van der Waals surface area contributed by atoms with Crippen molar-refractivity contribution < 1.29 is 4.42 Å². The molecule has 0 amide bonds. The van der Waals surface area contributed by atoms with Crippen LogP contribution in [0, 0.1) is 6.92 Å². The number of aromatic nitrogens is 4. The van der Waals surface area contributed by atoms with E-state index in [1.165, 1.54) is 0 Å². The summed E-state index contributed by atoms with van der Waals surface area (Å²) < 4.78 is 5.91. The molecular weight excluding hydrogens is 400 g/mol. The Bertz CT molecular complexity index is 1660. The fourth-order valence-corrected chi connectivity index (χ4v) is 4.06. The highest BCUT2D eigenvalue weighted by atomic mass is 16.3. The fourth-order valence-electron chi connectivity index (χ4n) is 4.06. The molecule has 0 atom stereocenters. The van der Waals surface area contributed by atoms with Crippen molar-refractivity contribution in [2.75, 3.05) is 0 Å². The second-order valence-electron chi connectivity index (χ2n) is 7.72. The molecule has 0 bridgehead atoms. The molecule has 0 aliphatic carbocycles. The van der Waals surface area contributed by atoms with Crippen molar-refractivity contribution in [3.63, 3.8) is 0 Å². The number of pyridine rings is 3. The third-order valence-corrected chi connectivity index (χ3v) is 5.64. The standard InChI is InChI=1S/C26H18N4O2/c1-15-6-9-23(32-15)24-18(16-7-8-21-17(12-16)4-2-10-27-21)13-19-25(31)20(14-29-26(19)30-24)22-5-3-11-28-22/h2-14,28H,1H3,(H,29,30,31). The molecule has 0 saturated heterocycles. The third kappa shape index (κ3) is 2.93. The number of rotatable bonds is 3. The van der Waals surface area contributed by atoms with Crippen molar-refractivity contribution in [2.45, 2.75) is 6.92 Å². The maximum atomic E-state index is 13.4. The van der Waals surface area contributed by atoms with Crippen LogP contribution in [0.15, 0.2) is 88.5 Å². The van der Waals surface area contributed by atoms with Gasteiger partial charge in [-0.2, -0.15) is 0 Å². The van der Waals surface area contributed by atoms with Crippen molar-refractivity contribution >= 4 is 21.9 Å². The predicted octanol–water partition coefficient (Wildman–Crippen LogP) is 5.70. The van der Waals surface area contributed by atoms with Gasteiger partial charge in [0.25, 0.3) is 0 Å². The SMILES string of the molecule is Cc1ccc(-c2nc3[nH]cc(-c4ccc[nH]4)c(=O)c3cc2-c2ccc3ncccc3c2)o1. The van der Waals surface area contributed by atoms with Crippen LogP contribution in [0.4, 0.5) is 0 Å². The van der Waals surface area contributed by atoms with Crippen molar-refractivity contribution in [3.05, 3.63) is 95.2 Å². The van der Waals surface area contributed by atoms with E-state index in [-0.39, 0.29) is 5.43 Å². The quantitative estimate of drug-likeness (QED) is 0.386. The second-order valence-corrected chi connectivity index (χ2v) is 7.72. The number of H-pyrrole nitrogens is 2. The van der Waals surface area contributed by atoms with Crippen molar-refractivity contribution in [1.82, 2.24) is 19.9 Å². The largest absolute Gasteiger partial charge is 0.460 e. The molecule has 0 saturated carbocycles. The number of nitrogens with zero attached hydrogens (tertiary/aromatic N) is 2. The van der Waals surface area contributed by atoms with Crippen LogP contribution in [0.3, 0.4) is 0 Å². The van der Waals surface area contributed by atoms with Gasteiger partial charge in [0, 0.05) is 29.5 Å². The first-order chi connectivity index (χ1) is 15.7. The van der Waals surface area contributed by atoms with Crippen LogP contribution in [0.2, 0.25) is 0 Å². The number of aryl methyl sites for hydroxylation is 1. The minimum absolute atomic E-state index is 0.0837. The average molecular weight is 418 g/mol. The maximum absolute atomic E-state index is 13.4. The Balaban J connectivity index is 1.66. The number of aromatic amines is 2. The summed E-state index contributed by atoms with van der Waals surface area (Å²) in [6, 6.07) is 19.4. The van der Waals surface area contributed by atoms with Crippen molar-refractivity contribution in [3.8, 4) is 33.8 Å². The van der Waals surface area contributed by atoms with Gasteiger partial charge >= 0.3 is 0 Å². The zero-order chi connectivity index (χ0) is 21.7. The molecule has 1 aromatic carbocycles. The molecule has 0 aliphatic heterocycles. The maximum Gasteiger partial charge on any atom is 0.200 e.